The van der Waals surface area contributed by atoms with Crippen molar-refractivity contribution in [3.63, 3.8) is 0 Å². The van der Waals surface area contributed by atoms with Crippen LogP contribution in [0.2, 0.25) is 0 Å². The molecule has 0 bridgehead atoms. The van der Waals surface area contributed by atoms with E-state index < -0.39 is 0 Å². The van der Waals surface area contributed by atoms with Crippen molar-refractivity contribution >= 4 is 23.4 Å². The number of nitrogens with zero attached hydrogens (tertiary/aromatic N) is 2. The number of nitrogens with one attached hydrogen (secondary N) is 2. The normalized spacial score (nSPS) is 25.0. The molecule has 2 aliphatic carbocycles. The van der Waals surface area contributed by atoms with E-state index in [1.54, 1.807) is 0 Å². The number of hydrogen-bond donors (Lipinski definition) is 2. The van der Waals surface area contributed by atoms with Gasteiger partial charge in [-0.05, 0) is 38.4 Å². The van der Waals surface area contributed by atoms with Gasteiger partial charge in [-0.1, -0.05) is 13.3 Å². The van der Waals surface area contributed by atoms with E-state index in [2.05, 4.69) is 47.3 Å². The largest absolute Gasteiger partial charge is 0.370 e. The minimum atomic E-state index is 0.561. The van der Waals surface area contributed by atoms with Gasteiger partial charge in [-0.2, -0.15) is 11.8 Å². The van der Waals surface area contributed by atoms with Crippen molar-refractivity contribution in [3.8, 4) is 0 Å². The Hall–Kier alpha value is -0.970. The Balaban J connectivity index is 1.74. The van der Waals surface area contributed by atoms with E-state index in [0.717, 1.165) is 29.3 Å². The van der Waals surface area contributed by atoms with E-state index in [0.29, 0.717) is 12.0 Å². The first-order chi connectivity index (χ1) is 10.3. The summed E-state index contributed by atoms with van der Waals surface area (Å²) in [7, 11) is 0. The molecule has 2 aliphatic rings. The highest BCUT2D eigenvalue weighted by Gasteiger charge is 2.30. The van der Waals surface area contributed by atoms with Gasteiger partial charge in [0.15, 0.2) is 0 Å². The molecule has 21 heavy (non-hydrogen) atoms. The summed E-state index contributed by atoms with van der Waals surface area (Å²) in [5, 5.41) is 7.75. The molecule has 0 radical (unpaired) electrons. The first-order valence-corrected chi connectivity index (χ1v) is 9.36. The number of anilines is 2. The standard InChI is InChI=1S/C16H26N4S/c1-3-17-14-10-15(20-16(19-14)11-8-9-11)18-12-6-5-7-13(12)21-4-2/h10-13H,3-9H2,1-2H3,(H2,17,18,19,20). The zero-order valence-electron chi connectivity index (χ0n) is 13.1. The Morgan fingerprint density at radius 2 is 1.95 bits per heavy atom. The van der Waals surface area contributed by atoms with Crippen molar-refractivity contribution in [2.75, 3.05) is 22.9 Å². The Kier molecular flexibility index (Phi) is 4.88. The minimum absolute atomic E-state index is 0.561. The predicted molar refractivity (Wildman–Crippen MR) is 91.4 cm³/mol. The summed E-state index contributed by atoms with van der Waals surface area (Å²) >= 11 is 2.08. The van der Waals surface area contributed by atoms with E-state index in [1.807, 2.05) is 0 Å². The summed E-state index contributed by atoms with van der Waals surface area (Å²) in [5.74, 6) is 4.79. The van der Waals surface area contributed by atoms with E-state index in [4.69, 9.17) is 4.98 Å². The molecule has 3 rings (SSSR count). The lowest BCUT2D eigenvalue weighted by molar-refractivity contribution is 0.758. The molecule has 2 unspecified atom stereocenters. The number of rotatable bonds is 7. The predicted octanol–water partition coefficient (Wildman–Crippen LogP) is 3.87. The van der Waals surface area contributed by atoms with Crippen LogP contribution in [0, 0.1) is 0 Å². The van der Waals surface area contributed by atoms with Crippen molar-refractivity contribution in [1.29, 1.82) is 0 Å². The molecule has 2 atom stereocenters. The van der Waals surface area contributed by atoms with E-state index in [1.165, 1.54) is 37.9 Å². The molecule has 0 aromatic carbocycles. The zero-order chi connectivity index (χ0) is 14.7. The van der Waals surface area contributed by atoms with Gasteiger partial charge in [0.1, 0.15) is 17.5 Å². The summed E-state index contributed by atoms with van der Waals surface area (Å²) in [6.07, 6.45) is 6.41. The van der Waals surface area contributed by atoms with Crippen molar-refractivity contribution in [2.45, 2.75) is 63.2 Å². The molecule has 0 spiro atoms. The van der Waals surface area contributed by atoms with Crippen molar-refractivity contribution in [3.05, 3.63) is 11.9 Å². The molecule has 4 nitrogen and oxygen atoms in total. The molecule has 1 aromatic heterocycles. The average molecular weight is 306 g/mol. The average Bonchev–Trinajstić information content (AvgIpc) is 3.23. The first kappa shape index (κ1) is 14.9. The third kappa shape index (κ3) is 3.82. The van der Waals surface area contributed by atoms with Crippen LogP contribution >= 0.6 is 11.8 Å². The molecular formula is C16H26N4S. The second-order valence-corrected chi connectivity index (χ2v) is 7.49. The fraction of sp³-hybridized carbons (Fsp3) is 0.750. The SMILES string of the molecule is CCNc1cc(NC2CCCC2SCC)nc(C2CC2)n1. The summed E-state index contributed by atoms with van der Waals surface area (Å²) in [5.41, 5.74) is 0. The number of aromatic nitrogens is 2. The lowest BCUT2D eigenvalue weighted by atomic mass is 10.2. The molecule has 2 saturated carbocycles. The van der Waals surface area contributed by atoms with E-state index in [9.17, 15) is 0 Å². The van der Waals surface area contributed by atoms with Crippen molar-refractivity contribution < 1.29 is 0 Å². The molecule has 0 amide bonds. The first-order valence-electron chi connectivity index (χ1n) is 8.31. The highest BCUT2D eigenvalue weighted by Crippen LogP contribution is 2.39. The lowest BCUT2D eigenvalue weighted by Crippen LogP contribution is -2.27. The fourth-order valence-electron chi connectivity index (χ4n) is 3.03. The van der Waals surface area contributed by atoms with Crippen LogP contribution in [0.3, 0.4) is 0 Å². The van der Waals surface area contributed by atoms with Gasteiger partial charge in [-0.25, -0.2) is 9.97 Å². The highest BCUT2D eigenvalue weighted by atomic mass is 32.2. The van der Waals surface area contributed by atoms with E-state index in [-0.39, 0.29) is 0 Å². The van der Waals surface area contributed by atoms with Crippen LogP contribution in [0.4, 0.5) is 11.6 Å². The molecular weight excluding hydrogens is 280 g/mol. The van der Waals surface area contributed by atoms with Gasteiger partial charge in [0.25, 0.3) is 0 Å². The highest BCUT2D eigenvalue weighted by molar-refractivity contribution is 7.99. The number of thioether (sulfide) groups is 1. The lowest BCUT2D eigenvalue weighted by Gasteiger charge is -2.21. The number of hydrogen-bond acceptors (Lipinski definition) is 5. The Morgan fingerprint density at radius 3 is 2.67 bits per heavy atom. The fourth-order valence-corrected chi connectivity index (χ4v) is 4.23. The Bertz CT molecular complexity index is 475. The smallest absolute Gasteiger partial charge is 0.136 e. The van der Waals surface area contributed by atoms with Crippen molar-refractivity contribution in [2.24, 2.45) is 0 Å². The summed E-state index contributed by atoms with van der Waals surface area (Å²) in [6.45, 7) is 5.26. The second-order valence-electron chi connectivity index (χ2n) is 5.98. The van der Waals surface area contributed by atoms with Gasteiger partial charge in [-0.3, -0.25) is 0 Å². The monoisotopic (exact) mass is 306 g/mol. The third-order valence-electron chi connectivity index (χ3n) is 4.21. The third-order valence-corrected chi connectivity index (χ3v) is 5.54. The zero-order valence-corrected chi connectivity index (χ0v) is 13.9. The summed E-state index contributed by atoms with van der Waals surface area (Å²) in [4.78, 5) is 9.41. The van der Waals surface area contributed by atoms with Crippen LogP contribution in [0.1, 0.15) is 57.7 Å². The van der Waals surface area contributed by atoms with Gasteiger partial charge in [0.2, 0.25) is 0 Å². The van der Waals surface area contributed by atoms with Crippen LogP contribution in [0.5, 0.6) is 0 Å². The minimum Gasteiger partial charge on any atom is -0.370 e. The summed E-state index contributed by atoms with van der Waals surface area (Å²) in [6, 6.07) is 2.63. The Morgan fingerprint density at radius 1 is 1.14 bits per heavy atom. The van der Waals surface area contributed by atoms with Crippen molar-refractivity contribution in [1.82, 2.24) is 9.97 Å². The van der Waals surface area contributed by atoms with Crippen LogP contribution < -0.4 is 10.6 Å². The maximum absolute atomic E-state index is 4.76. The van der Waals surface area contributed by atoms with Gasteiger partial charge in [-0.15, -0.1) is 0 Å². The molecule has 1 aromatic rings. The molecule has 2 fully saturated rings. The molecule has 0 aliphatic heterocycles. The topological polar surface area (TPSA) is 49.8 Å². The molecule has 2 N–H and O–H groups in total. The van der Waals surface area contributed by atoms with Crippen LogP contribution in [-0.4, -0.2) is 33.6 Å². The van der Waals surface area contributed by atoms with Crippen LogP contribution in [0.25, 0.3) is 0 Å². The van der Waals surface area contributed by atoms with Gasteiger partial charge < -0.3 is 10.6 Å². The quantitative estimate of drug-likeness (QED) is 0.801. The molecule has 116 valence electrons. The maximum atomic E-state index is 4.76. The van der Waals surface area contributed by atoms with Gasteiger partial charge >= 0.3 is 0 Å². The molecule has 0 saturated heterocycles. The van der Waals surface area contributed by atoms with Crippen LogP contribution in [0.15, 0.2) is 6.07 Å². The van der Waals surface area contributed by atoms with E-state index >= 15 is 0 Å². The van der Waals surface area contributed by atoms with Gasteiger partial charge in [0.05, 0.1) is 0 Å². The van der Waals surface area contributed by atoms with Gasteiger partial charge in [0, 0.05) is 29.8 Å². The summed E-state index contributed by atoms with van der Waals surface area (Å²) < 4.78 is 0. The molecule has 1 heterocycles. The second kappa shape index (κ2) is 6.86. The molecule has 5 heteroatoms. The Labute approximate surface area is 131 Å². The van der Waals surface area contributed by atoms with Crippen LogP contribution in [-0.2, 0) is 0 Å². The maximum Gasteiger partial charge on any atom is 0.136 e.